The van der Waals surface area contributed by atoms with E-state index in [4.69, 9.17) is 15.2 Å². The highest BCUT2D eigenvalue weighted by Gasteiger charge is 2.33. The number of alkyl halides is 3. The summed E-state index contributed by atoms with van der Waals surface area (Å²) in [4.78, 5) is 0. The third-order valence-corrected chi connectivity index (χ3v) is 2.53. The van der Waals surface area contributed by atoms with E-state index in [9.17, 15) is 13.2 Å². The van der Waals surface area contributed by atoms with E-state index in [2.05, 4.69) is 4.74 Å². The molecule has 0 atom stereocenters. The summed E-state index contributed by atoms with van der Waals surface area (Å²) in [6.45, 7) is 0.708. The minimum absolute atomic E-state index is 0.114. The average molecular weight is 243 g/mol. The second-order valence-corrected chi connectivity index (χ2v) is 3.64. The molecule has 1 fully saturated rings. The molecule has 0 aromatic rings. The van der Waals surface area contributed by atoms with Crippen LogP contribution in [-0.4, -0.2) is 44.9 Å². The highest BCUT2D eigenvalue weighted by molar-refractivity contribution is 4.84. The number of rotatable bonds is 5. The Morgan fingerprint density at radius 1 is 1.19 bits per heavy atom. The second-order valence-electron chi connectivity index (χ2n) is 3.64. The van der Waals surface area contributed by atoms with E-state index in [1.165, 1.54) is 0 Å². The lowest BCUT2D eigenvalue weighted by molar-refractivity contribution is -0.329. The molecule has 1 aliphatic heterocycles. The molecular weight excluding hydrogens is 227 g/mol. The Hall–Kier alpha value is -0.370. The molecule has 1 aliphatic rings. The van der Waals surface area contributed by atoms with Gasteiger partial charge in [0.15, 0.2) is 0 Å². The van der Waals surface area contributed by atoms with Crippen LogP contribution in [0.25, 0.3) is 0 Å². The molecule has 1 rings (SSSR count). The fraction of sp³-hybridized carbons (Fsp3) is 1.00. The van der Waals surface area contributed by atoms with Crippen LogP contribution in [0.4, 0.5) is 13.2 Å². The summed E-state index contributed by atoms with van der Waals surface area (Å²) in [5, 5.41) is 0. The third kappa shape index (κ3) is 4.65. The van der Waals surface area contributed by atoms with Gasteiger partial charge in [0.2, 0.25) is 0 Å². The highest BCUT2D eigenvalue weighted by Crippen LogP contribution is 2.24. The van der Waals surface area contributed by atoms with E-state index in [0.717, 1.165) is 0 Å². The van der Waals surface area contributed by atoms with Crippen molar-refractivity contribution in [1.29, 1.82) is 0 Å². The summed E-state index contributed by atoms with van der Waals surface area (Å²) in [7, 11) is 0. The number of hydrogen-bond donors (Lipinski definition) is 1. The first-order chi connectivity index (χ1) is 7.47. The van der Waals surface area contributed by atoms with Gasteiger partial charge in [-0.15, -0.1) is 13.2 Å². The van der Waals surface area contributed by atoms with E-state index < -0.39 is 18.6 Å². The summed E-state index contributed by atoms with van der Waals surface area (Å²) in [5.41, 5.74) is 5.01. The molecule has 2 N–H and O–H groups in total. The van der Waals surface area contributed by atoms with E-state index in [1.807, 2.05) is 0 Å². The van der Waals surface area contributed by atoms with Crippen LogP contribution >= 0.6 is 0 Å². The van der Waals surface area contributed by atoms with Crippen LogP contribution < -0.4 is 5.73 Å². The van der Waals surface area contributed by atoms with Crippen molar-refractivity contribution in [2.45, 2.75) is 24.8 Å². The Labute approximate surface area is 91.8 Å². The van der Waals surface area contributed by atoms with E-state index in [1.54, 1.807) is 0 Å². The zero-order valence-electron chi connectivity index (χ0n) is 8.89. The molecule has 0 aromatic heterocycles. The zero-order valence-corrected chi connectivity index (χ0v) is 8.89. The molecule has 0 unspecified atom stereocenters. The minimum Gasteiger partial charge on any atom is -0.381 e. The normalized spacial score (nSPS) is 21.0. The lowest BCUT2D eigenvalue weighted by Gasteiger charge is -2.36. The van der Waals surface area contributed by atoms with Gasteiger partial charge in [0.05, 0.1) is 18.8 Å². The van der Waals surface area contributed by atoms with Gasteiger partial charge in [0, 0.05) is 32.6 Å². The molecule has 0 amide bonds. The Bertz CT molecular complexity index is 205. The van der Waals surface area contributed by atoms with E-state index in [-0.39, 0.29) is 13.2 Å². The largest absolute Gasteiger partial charge is 0.522 e. The Morgan fingerprint density at radius 3 is 2.31 bits per heavy atom. The summed E-state index contributed by atoms with van der Waals surface area (Å²) < 4.78 is 49.2. The number of halogens is 3. The van der Waals surface area contributed by atoms with Gasteiger partial charge >= 0.3 is 6.36 Å². The Kier molecular flexibility index (Phi) is 4.97. The minimum atomic E-state index is -4.60. The van der Waals surface area contributed by atoms with Crippen LogP contribution in [0.3, 0.4) is 0 Å². The van der Waals surface area contributed by atoms with Crippen molar-refractivity contribution in [3.05, 3.63) is 0 Å². The molecular formula is C9H16F3NO3. The number of ether oxygens (including phenoxy) is 3. The standard InChI is InChI=1S/C9H16F3NO3/c10-9(11,12)16-6-5-15-8(7-13)1-3-14-4-2-8/h1-7,13H2. The predicted octanol–water partition coefficient (Wildman–Crippen LogP) is 1.05. The molecule has 7 heteroatoms. The highest BCUT2D eigenvalue weighted by atomic mass is 19.4. The van der Waals surface area contributed by atoms with Gasteiger partial charge < -0.3 is 15.2 Å². The van der Waals surface area contributed by atoms with E-state index in [0.29, 0.717) is 26.1 Å². The maximum Gasteiger partial charge on any atom is 0.522 e. The molecule has 0 radical (unpaired) electrons. The second kappa shape index (κ2) is 5.81. The van der Waals surface area contributed by atoms with Crippen LogP contribution in [0, 0.1) is 0 Å². The van der Waals surface area contributed by atoms with Crippen LogP contribution in [-0.2, 0) is 14.2 Å². The molecule has 96 valence electrons. The van der Waals surface area contributed by atoms with Gasteiger partial charge in [-0.3, -0.25) is 4.74 Å². The first-order valence-electron chi connectivity index (χ1n) is 5.10. The van der Waals surface area contributed by atoms with Gasteiger partial charge in [0.1, 0.15) is 0 Å². The monoisotopic (exact) mass is 243 g/mol. The molecule has 1 saturated heterocycles. The zero-order chi connectivity index (χ0) is 12.1. The van der Waals surface area contributed by atoms with Crippen LogP contribution in [0.15, 0.2) is 0 Å². The number of hydrogen-bond acceptors (Lipinski definition) is 4. The van der Waals surface area contributed by atoms with Crippen molar-refractivity contribution < 1.29 is 27.4 Å². The van der Waals surface area contributed by atoms with Gasteiger partial charge in [-0.25, -0.2) is 0 Å². The Morgan fingerprint density at radius 2 is 1.81 bits per heavy atom. The topological polar surface area (TPSA) is 53.7 Å². The van der Waals surface area contributed by atoms with Gasteiger partial charge in [-0.2, -0.15) is 0 Å². The number of nitrogens with two attached hydrogens (primary N) is 1. The fourth-order valence-electron chi connectivity index (χ4n) is 1.57. The smallest absolute Gasteiger partial charge is 0.381 e. The van der Waals surface area contributed by atoms with Crippen LogP contribution in [0.1, 0.15) is 12.8 Å². The van der Waals surface area contributed by atoms with Crippen molar-refractivity contribution in [2.24, 2.45) is 5.73 Å². The molecule has 1 heterocycles. The molecule has 4 nitrogen and oxygen atoms in total. The molecule has 0 bridgehead atoms. The quantitative estimate of drug-likeness (QED) is 0.733. The maximum absolute atomic E-state index is 11.7. The van der Waals surface area contributed by atoms with Gasteiger partial charge in [0.25, 0.3) is 0 Å². The Balaban J connectivity index is 2.23. The molecule has 0 aromatic carbocycles. The van der Waals surface area contributed by atoms with Crippen molar-refractivity contribution in [3.8, 4) is 0 Å². The van der Waals surface area contributed by atoms with Crippen LogP contribution in [0.5, 0.6) is 0 Å². The van der Waals surface area contributed by atoms with Crippen LogP contribution in [0.2, 0.25) is 0 Å². The van der Waals surface area contributed by atoms with Gasteiger partial charge in [-0.05, 0) is 0 Å². The summed E-state index contributed by atoms with van der Waals surface area (Å²) >= 11 is 0. The van der Waals surface area contributed by atoms with Gasteiger partial charge in [-0.1, -0.05) is 0 Å². The summed E-state index contributed by atoms with van der Waals surface area (Å²) in [5.74, 6) is 0. The molecule has 0 saturated carbocycles. The molecule has 0 aliphatic carbocycles. The van der Waals surface area contributed by atoms with Crippen molar-refractivity contribution >= 4 is 0 Å². The lowest BCUT2D eigenvalue weighted by atomic mass is 9.94. The predicted molar refractivity (Wildman–Crippen MR) is 49.8 cm³/mol. The summed E-state index contributed by atoms with van der Waals surface area (Å²) in [6, 6.07) is 0. The first kappa shape index (κ1) is 13.7. The van der Waals surface area contributed by atoms with Crippen molar-refractivity contribution in [1.82, 2.24) is 0 Å². The fourth-order valence-corrected chi connectivity index (χ4v) is 1.57. The first-order valence-corrected chi connectivity index (χ1v) is 5.10. The molecule has 0 spiro atoms. The lowest BCUT2D eigenvalue weighted by Crippen LogP contribution is -2.46. The van der Waals surface area contributed by atoms with Crippen molar-refractivity contribution in [2.75, 3.05) is 33.0 Å². The van der Waals surface area contributed by atoms with Crippen molar-refractivity contribution in [3.63, 3.8) is 0 Å². The maximum atomic E-state index is 11.7. The average Bonchev–Trinajstić information content (AvgIpc) is 2.25. The summed E-state index contributed by atoms with van der Waals surface area (Å²) in [6.07, 6.45) is -3.39. The SMILES string of the molecule is NCC1(OCCOC(F)(F)F)CCOCC1. The molecule has 16 heavy (non-hydrogen) atoms. The third-order valence-electron chi connectivity index (χ3n) is 2.53. The van der Waals surface area contributed by atoms with E-state index >= 15 is 0 Å².